The summed E-state index contributed by atoms with van der Waals surface area (Å²) >= 11 is 0. The van der Waals surface area contributed by atoms with Crippen molar-refractivity contribution in [2.24, 2.45) is 0 Å². The Bertz CT molecular complexity index is 1400. The van der Waals surface area contributed by atoms with Crippen LogP contribution in [-0.4, -0.2) is 49.9 Å². The van der Waals surface area contributed by atoms with Crippen molar-refractivity contribution in [3.8, 4) is 22.6 Å². The number of piperidine rings is 1. The highest BCUT2D eigenvalue weighted by molar-refractivity contribution is 5.98. The molecule has 1 aliphatic rings. The predicted octanol–water partition coefficient (Wildman–Crippen LogP) is 5.21. The van der Waals surface area contributed by atoms with E-state index in [0.29, 0.717) is 5.69 Å². The van der Waals surface area contributed by atoms with Gasteiger partial charge in [-0.05, 0) is 49.2 Å². The quantitative estimate of drug-likeness (QED) is 0.189. The van der Waals surface area contributed by atoms with Crippen LogP contribution in [0.5, 0.6) is 0 Å². The van der Waals surface area contributed by atoms with Crippen molar-refractivity contribution in [1.82, 2.24) is 14.5 Å². The van der Waals surface area contributed by atoms with E-state index in [1.807, 2.05) is 44.3 Å². The Morgan fingerprint density at radius 2 is 1.92 bits per heavy atom. The summed E-state index contributed by atoms with van der Waals surface area (Å²) in [6, 6.07) is 13.9. The van der Waals surface area contributed by atoms with Gasteiger partial charge in [-0.15, -0.1) is 0 Å². The number of pyridine rings is 1. The van der Waals surface area contributed by atoms with E-state index in [2.05, 4.69) is 32.3 Å². The van der Waals surface area contributed by atoms with Crippen LogP contribution >= 0.6 is 0 Å². The molecule has 0 radical (unpaired) electrons. The van der Waals surface area contributed by atoms with E-state index in [0.717, 1.165) is 60.3 Å². The second-order valence-corrected chi connectivity index (χ2v) is 8.27. The normalized spacial score (nSPS) is 14.3. The molecule has 4 aromatic rings. The molecule has 0 atom stereocenters. The van der Waals surface area contributed by atoms with Gasteiger partial charge in [-0.25, -0.2) is 9.97 Å². The number of nitrogens with zero attached hydrogens (tertiary/aromatic N) is 4. The van der Waals surface area contributed by atoms with Crippen LogP contribution in [0.3, 0.4) is 0 Å². The number of aliphatic hydroxyl groups excluding tert-OH is 2. The van der Waals surface area contributed by atoms with E-state index >= 15 is 0 Å². The van der Waals surface area contributed by atoms with Crippen molar-refractivity contribution in [1.29, 1.82) is 0 Å². The summed E-state index contributed by atoms with van der Waals surface area (Å²) in [5.74, 6) is 0.552. The molecule has 1 fully saturated rings. The van der Waals surface area contributed by atoms with Crippen molar-refractivity contribution in [3.05, 3.63) is 79.3 Å². The lowest BCUT2D eigenvalue weighted by molar-refractivity contribution is -0.111. The van der Waals surface area contributed by atoms with Crippen LogP contribution in [0.25, 0.3) is 28.1 Å². The Labute approximate surface area is 215 Å². The Morgan fingerprint density at radius 3 is 2.70 bits per heavy atom. The second kappa shape index (κ2) is 12.0. The Morgan fingerprint density at radius 1 is 1.11 bits per heavy atom. The molecule has 3 N–H and O–H groups in total. The summed E-state index contributed by atoms with van der Waals surface area (Å²) in [5.41, 5.74) is 4.52. The second-order valence-electron chi connectivity index (χ2n) is 8.27. The average molecular weight is 502 g/mol. The SMILES string of the molecule is CC.O=C(/C=C/C=C\O)Nc1nccc(-c2ccn3oc(-c4cccc(N5CCC(O)CC5)c4)c3c2)n1. The zero-order valence-electron chi connectivity index (χ0n) is 20.9. The van der Waals surface area contributed by atoms with Gasteiger partial charge in [0, 0.05) is 48.4 Å². The number of carbonyl (C=O) groups excluding carboxylic acids is 1. The smallest absolute Gasteiger partial charge is 0.250 e. The van der Waals surface area contributed by atoms with Crippen LogP contribution in [0, 0.1) is 0 Å². The number of carbonyl (C=O) groups is 1. The Balaban J connectivity index is 0.00000156. The lowest BCUT2D eigenvalue weighted by Crippen LogP contribution is -2.35. The molecule has 37 heavy (non-hydrogen) atoms. The number of nitrogens with one attached hydrogen (secondary N) is 1. The molecular formula is C28H31N5O4. The number of hydrogen-bond donors (Lipinski definition) is 3. The molecule has 5 rings (SSSR count). The standard InChI is InChI=1S/C26H25N5O4.C2H6/c32-15-2-1-6-24(34)29-26-27-11-7-22(28-26)18-8-14-31-23(17-18)25(35-31)19-4-3-5-20(16-19)30-12-9-21(33)10-13-30;1-2/h1-8,11,14-17,21,32-33H,9-10,12-13H2,(H,27,28,29,34);1-2H3/b6-1+,15-2-;. The topological polar surface area (TPSA) is 116 Å². The van der Waals surface area contributed by atoms with Gasteiger partial charge >= 0.3 is 0 Å². The maximum Gasteiger partial charge on any atom is 0.250 e. The highest BCUT2D eigenvalue weighted by Gasteiger charge is 2.19. The fourth-order valence-electron chi connectivity index (χ4n) is 4.09. The zero-order chi connectivity index (χ0) is 26.2. The molecule has 192 valence electrons. The van der Waals surface area contributed by atoms with Crippen molar-refractivity contribution in [3.63, 3.8) is 0 Å². The number of fused-ring (bicyclic) bond motifs is 1. The summed E-state index contributed by atoms with van der Waals surface area (Å²) in [6.45, 7) is 5.66. The van der Waals surface area contributed by atoms with Gasteiger partial charge in [0.05, 0.1) is 18.1 Å². The van der Waals surface area contributed by atoms with Crippen molar-refractivity contribution >= 4 is 23.1 Å². The van der Waals surface area contributed by atoms with E-state index < -0.39 is 5.91 Å². The fraction of sp³-hybridized carbons (Fsp3) is 0.250. The molecule has 9 nitrogen and oxygen atoms in total. The average Bonchev–Trinajstić information content (AvgIpc) is 2.91. The van der Waals surface area contributed by atoms with Crippen molar-refractivity contribution < 1.29 is 19.5 Å². The number of benzene rings is 1. The predicted molar refractivity (Wildman–Crippen MR) is 144 cm³/mol. The number of aliphatic hydroxyl groups is 2. The fourth-order valence-corrected chi connectivity index (χ4v) is 4.09. The number of hydrogen-bond acceptors (Lipinski definition) is 7. The molecule has 1 saturated heterocycles. The van der Waals surface area contributed by atoms with Gasteiger partial charge in [0.2, 0.25) is 5.95 Å². The molecule has 9 heteroatoms. The first-order valence-corrected chi connectivity index (χ1v) is 12.4. The van der Waals surface area contributed by atoms with E-state index in [4.69, 9.17) is 9.63 Å². The minimum absolute atomic E-state index is 0.181. The highest BCUT2D eigenvalue weighted by Crippen LogP contribution is 2.33. The summed E-state index contributed by atoms with van der Waals surface area (Å²) in [5, 5.41) is 21.0. The van der Waals surface area contributed by atoms with Crippen LogP contribution in [0.4, 0.5) is 11.6 Å². The molecule has 0 bridgehead atoms. The summed E-state index contributed by atoms with van der Waals surface area (Å²) in [4.78, 5) is 22.8. The molecule has 3 aromatic heterocycles. The summed E-state index contributed by atoms with van der Waals surface area (Å²) < 4.78 is 7.60. The molecule has 1 aliphatic heterocycles. The first-order valence-electron chi connectivity index (χ1n) is 12.4. The van der Waals surface area contributed by atoms with Gasteiger partial charge in [-0.1, -0.05) is 32.1 Å². The molecule has 1 amide bonds. The molecular weight excluding hydrogens is 470 g/mol. The molecule has 0 saturated carbocycles. The molecule has 4 heterocycles. The minimum Gasteiger partial charge on any atom is -0.516 e. The molecule has 0 aliphatic carbocycles. The number of allylic oxidation sites excluding steroid dienone is 2. The van der Waals surface area contributed by atoms with Crippen LogP contribution in [0.1, 0.15) is 26.7 Å². The molecule has 1 aromatic carbocycles. The van der Waals surface area contributed by atoms with Gasteiger partial charge < -0.3 is 19.6 Å². The van der Waals surface area contributed by atoms with E-state index in [1.54, 1.807) is 16.8 Å². The summed E-state index contributed by atoms with van der Waals surface area (Å²) in [6.07, 6.45) is 9.60. The monoisotopic (exact) mass is 501 g/mol. The van der Waals surface area contributed by atoms with Crippen LogP contribution in [0.15, 0.2) is 83.9 Å². The number of anilines is 2. The maximum atomic E-state index is 12.0. The van der Waals surface area contributed by atoms with Gasteiger partial charge in [0.15, 0.2) is 5.76 Å². The number of amides is 1. The van der Waals surface area contributed by atoms with E-state index in [1.165, 1.54) is 18.2 Å². The lowest BCUT2D eigenvalue weighted by atomic mass is 10.0. The lowest BCUT2D eigenvalue weighted by Gasteiger charge is -2.31. The van der Waals surface area contributed by atoms with Crippen LogP contribution < -0.4 is 10.2 Å². The third kappa shape index (κ3) is 6.07. The van der Waals surface area contributed by atoms with Crippen LogP contribution in [-0.2, 0) is 4.79 Å². The third-order valence-corrected chi connectivity index (χ3v) is 5.91. The third-order valence-electron chi connectivity index (χ3n) is 5.91. The number of rotatable bonds is 6. The highest BCUT2D eigenvalue weighted by atomic mass is 16.5. The first-order chi connectivity index (χ1) is 18.1. The van der Waals surface area contributed by atoms with Gasteiger partial charge in [-0.3, -0.25) is 10.1 Å². The number of aromatic nitrogens is 3. The van der Waals surface area contributed by atoms with Gasteiger partial charge in [0.1, 0.15) is 5.52 Å². The van der Waals surface area contributed by atoms with Gasteiger partial charge in [-0.2, -0.15) is 4.57 Å². The zero-order valence-corrected chi connectivity index (χ0v) is 20.9. The van der Waals surface area contributed by atoms with E-state index in [9.17, 15) is 9.90 Å². The Kier molecular flexibility index (Phi) is 8.37. The molecule has 0 unspecified atom stereocenters. The Hall–Kier alpha value is -4.37. The molecule has 0 spiro atoms. The van der Waals surface area contributed by atoms with Crippen LogP contribution in [0.2, 0.25) is 0 Å². The minimum atomic E-state index is -0.403. The largest absolute Gasteiger partial charge is 0.516 e. The first kappa shape index (κ1) is 25.7. The van der Waals surface area contributed by atoms with E-state index in [-0.39, 0.29) is 12.1 Å². The maximum absolute atomic E-state index is 12.0. The van der Waals surface area contributed by atoms with Crippen molar-refractivity contribution in [2.75, 3.05) is 23.3 Å². The summed E-state index contributed by atoms with van der Waals surface area (Å²) in [7, 11) is 0. The van der Waals surface area contributed by atoms with Crippen molar-refractivity contribution in [2.45, 2.75) is 32.8 Å². The van der Waals surface area contributed by atoms with Gasteiger partial charge in [0.25, 0.3) is 5.91 Å².